The number of hydrogen-bond acceptors (Lipinski definition) is 5. The molecule has 31 heavy (non-hydrogen) atoms. The molecule has 0 bridgehead atoms. The number of nitrogens with two attached hydrogens (primary N) is 1. The number of pyridine rings is 1. The molecule has 1 fully saturated rings. The van der Waals surface area contributed by atoms with Crippen LogP contribution in [0.1, 0.15) is 50.9 Å². The van der Waals surface area contributed by atoms with Crippen LogP contribution in [0.25, 0.3) is 10.8 Å². The fraction of sp³-hybridized carbons (Fsp3) is 0.360. The van der Waals surface area contributed by atoms with E-state index in [0.29, 0.717) is 22.9 Å². The summed E-state index contributed by atoms with van der Waals surface area (Å²) in [5.74, 6) is 1.74. The van der Waals surface area contributed by atoms with E-state index in [-0.39, 0.29) is 23.0 Å². The third-order valence-electron chi connectivity index (χ3n) is 5.61. The van der Waals surface area contributed by atoms with E-state index in [1.807, 2.05) is 30.3 Å². The van der Waals surface area contributed by atoms with Crippen LogP contribution in [0, 0.1) is 0 Å². The zero-order valence-electron chi connectivity index (χ0n) is 18.5. The van der Waals surface area contributed by atoms with E-state index in [2.05, 4.69) is 43.3 Å². The van der Waals surface area contributed by atoms with Crippen LogP contribution < -0.4 is 21.1 Å². The SMILES string of the molecule is CC1(C)CC(NC(=O)c2ccc(Oc3cccc4cnc(N)cc34)cc2)CC(C)(C)N1. The van der Waals surface area contributed by atoms with Crippen molar-refractivity contribution in [2.75, 3.05) is 5.73 Å². The molecule has 1 saturated heterocycles. The van der Waals surface area contributed by atoms with E-state index in [1.54, 1.807) is 24.4 Å². The van der Waals surface area contributed by atoms with E-state index in [4.69, 9.17) is 10.5 Å². The van der Waals surface area contributed by atoms with Crippen LogP contribution in [0.2, 0.25) is 0 Å². The summed E-state index contributed by atoms with van der Waals surface area (Å²) in [6, 6.07) is 14.9. The van der Waals surface area contributed by atoms with Crippen LogP contribution in [0.4, 0.5) is 5.82 Å². The normalized spacial score (nSPS) is 17.9. The third-order valence-corrected chi connectivity index (χ3v) is 5.61. The molecule has 6 heteroatoms. The number of anilines is 1. The molecule has 2 aromatic carbocycles. The van der Waals surface area contributed by atoms with Gasteiger partial charge in [-0.1, -0.05) is 12.1 Å². The van der Waals surface area contributed by atoms with Crippen molar-refractivity contribution in [1.29, 1.82) is 0 Å². The molecule has 1 amide bonds. The maximum Gasteiger partial charge on any atom is 0.251 e. The zero-order chi connectivity index (χ0) is 22.2. The number of hydrogen-bond donors (Lipinski definition) is 3. The number of fused-ring (bicyclic) bond motifs is 1. The Bertz CT molecular complexity index is 1090. The van der Waals surface area contributed by atoms with Crippen LogP contribution >= 0.6 is 0 Å². The van der Waals surface area contributed by atoms with Crippen LogP contribution in [-0.4, -0.2) is 28.0 Å². The molecule has 4 N–H and O–H groups in total. The van der Waals surface area contributed by atoms with Crippen LogP contribution in [0.3, 0.4) is 0 Å². The molecule has 0 unspecified atom stereocenters. The van der Waals surface area contributed by atoms with Crippen molar-refractivity contribution < 1.29 is 9.53 Å². The molecule has 0 saturated carbocycles. The lowest BCUT2D eigenvalue weighted by atomic mass is 9.79. The number of nitrogens with one attached hydrogen (secondary N) is 2. The molecule has 0 spiro atoms. The largest absolute Gasteiger partial charge is 0.457 e. The third kappa shape index (κ3) is 4.97. The lowest BCUT2D eigenvalue weighted by Crippen LogP contribution is -2.62. The summed E-state index contributed by atoms with van der Waals surface area (Å²) in [4.78, 5) is 16.9. The highest BCUT2D eigenvalue weighted by molar-refractivity contribution is 5.94. The predicted molar refractivity (Wildman–Crippen MR) is 124 cm³/mol. The Morgan fingerprint density at radius 2 is 1.77 bits per heavy atom. The van der Waals surface area contributed by atoms with Gasteiger partial charge in [-0.15, -0.1) is 0 Å². The Labute approximate surface area is 183 Å². The monoisotopic (exact) mass is 418 g/mol. The second-order valence-electron chi connectivity index (χ2n) is 9.68. The van der Waals surface area contributed by atoms with Gasteiger partial charge in [-0.2, -0.15) is 0 Å². The molecule has 3 aromatic rings. The van der Waals surface area contributed by atoms with Gasteiger partial charge in [0.05, 0.1) is 0 Å². The predicted octanol–water partition coefficient (Wildman–Crippen LogP) is 4.65. The first kappa shape index (κ1) is 21.1. The van der Waals surface area contributed by atoms with Gasteiger partial charge >= 0.3 is 0 Å². The van der Waals surface area contributed by atoms with Crippen molar-refractivity contribution in [3.05, 3.63) is 60.3 Å². The lowest BCUT2D eigenvalue weighted by Gasteiger charge is -2.46. The maximum atomic E-state index is 12.8. The van der Waals surface area contributed by atoms with Crippen molar-refractivity contribution >= 4 is 22.5 Å². The number of carbonyl (C=O) groups excluding carboxylic acids is 1. The molecule has 0 radical (unpaired) electrons. The van der Waals surface area contributed by atoms with Gasteiger partial charge in [0.15, 0.2) is 0 Å². The van der Waals surface area contributed by atoms with Crippen LogP contribution in [0.15, 0.2) is 54.7 Å². The molecule has 2 heterocycles. The highest BCUT2D eigenvalue weighted by atomic mass is 16.5. The number of nitrogens with zero attached hydrogens (tertiary/aromatic N) is 1. The number of aromatic nitrogens is 1. The van der Waals surface area contributed by atoms with Crippen LogP contribution in [0.5, 0.6) is 11.5 Å². The molecule has 0 atom stereocenters. The van der Waals surface area contributed by atoms with Gasteiger partial charge in [0.2, 0.25) is 0 Å². The minimum atomic E-state index is -0.0611. The fourth-order valence-electron chi connectivity index (χ4n) is 4.74. The number of piperidine rings is 1. The minimum Gasteiger partial charge on any atom is -0.457 e. The van der Waals surface area contributed by atoms with Crippen molar-refractivity contribution in [2.45, 2.75) is 57.7 Å². The second kappa shape index (κ2) is 7.85. The van der Waals surface area contributed by atoms with Crippen molar-refractivity contribution in [3.63, 3.8) is 0 Å². The summed E-state index contributed by atoms with van der Waals surface area (Å²) in [5.41, 5.74) is 6.41. The number of amides is 1. The van der Waals surface area contributed by atoms with Crippen molar-refractivity contribution in [2.24, 2.45) is 0 Å². The van der Waals surface area contributed by atoms with Crippen molar-refractivity contribution in [3.8, 4) is 11.5 Å². The van der Waals surface area contributed by atoms with Gasteiger partial charge in [-0.05, 0) is 76.9 Å². The Kier molecular flexibility index (Phi) is 5.35. The van der Waals surface area contributed by atoms with Crippen LogP contribution in [-0.2, 0) is 0 Å². The number of benzene rings is 2. The smallest absolute Gasteiger partial charge is 0.251 e. The summed E-state index contributed by atoms with van der Waals surface area (Å²) in [6.45, 7) is 8.71. The number of ether oxygens (including phenoxy) is 1. The molecular formula is C25H30N4O2. The lowest BCUT2D eigenvalue weighted by molar-refractivity contribution is 0.0873. The average molecular weight is 419 g/mol. The van der Waals surface area contributed by atoms with Gasteiger partial charge in [0.1, 0.15) is 17.3 Å². The van der Waals surface area contributed by atoms with Gasteiger partial charge in [-0.25, -0.2) is 4.98 Å². The van der Waals surface area contributed by atoms with Gasteiger partial charge < -0.3 is 21.1 Å². The molecule has 0 aliphatic carbocycles. The molecule has 4 rings (SSSR count). The first-order valence-electron chi connectivity index (χ1n) is 10.6. The van der Waals surface area contributed by atoms with Gasteiger partial charge in [-0.3, -0.25) is 4.79 Å². The molecular weight excluding hydrogens is 388 g/mol. The summed E-state index contributed by atoms with van der Waals surface area (Å²) in [7, 11) is 0. The number of carbonyl (C=O) groups is 1. The van der Waals surface area contributed by atoms with Gasteiger partial charge in [0.25, 0.3) is 5.91 Å². The highest BCUT2D eigenvalue weighted by Gasteiger charge is 2.38. The summed E-state index contributed by atoms with van der Waals surface area (Å²) >= 11 is 0. The van der Waals surface area contributed by atoms with E-state index in [9.17, 15) is 4.79 Å². The number of rotatable bonds is 4. The Morgan fingerprint density at radius 3 is 2.45 bits per heavy atom. The molecule has 162 valence electrons. The Balaban J connectivity index is 1.46. The second-order valence-corrected chi connectivity index (χ2v) is 9.68. The molecule has 6 nitrogen and oxygen atoms in total. The first-order valence-corrected chi connectivity index (χ1v) is 10.6. The Morgan fingerprint density at radius 1 is 1.10 bits per heavy atom. The maximum absolute atomic E-state index is 12.8. The van der Waals surface area contributed by atoms with Crippen molar-refractivity contribution in [1.82, 2.24) is 15.6 Å². The summed E-state index contributed by atoms with van der Waals surface area (Å²) in [6.07, 6.45) is 3.51. The first-order chi connectivity index (χ1) is 14.6. The Hall–Kier alpha value is -3.12. The summed E-state index contributed by atoms with van der Waals surface area (Å²) in [5, 5.41) is 8.70. The fourth-order valence-corrected chi connectivity index (χ4v) is 4.74. The van der Waals surface area contributed by atoms with E-state index in [1.165, 1.54) is 0 Å². The average Bonchev–Trinajstić information content (AvgIpc) is 2.66. The minimum absolute atomic E-state index is 0.0191. The van der Waals surface area contributed by atoms with E-state index in [0.717, 1.165) is 23.6 Å². The quantitative estimate of drug-likeness (QED) is 0.574. The highest BCUT2D eigenvalue weighted by Crippen LogP contribution is 2.31. The standard InChI is InChI=1S/C25H30N4O2/c1-24(2)13-18(14-25(3,4)29-24)28-23(30)16-8-10-19(11-9-16)31-21-7-5-6-17-15-27-22(26)12-20(17)21/h5-12,15,18,29H,13-14H2,1-4H3,(H2,26,27)(H,28,30). The van der Waals surface area contributed by atoms with E-state index < -0.39 is 0 Å². The topological polar surface area (TPSA) is 89.3 Å². The van der Waals surface area contributed by atoms with E-state index >= 15 is 0 Å². The number of nitrogen functional groups attached to an aromatic ring is 1. The molecule has 1 aliphatic heterocycles. The zero-order valence-corrected chi connectivity index (χ0v) is 18.5. The van der Waals surface area contributed by atoms with Gasteiger partial charge in [0, 0.05) is 39.7 Å². The molecule has 1 aromatic heterocycles. The molecule has 1 aliphatic rings. The summed E-state index contributed by atoms with van der Waals surface area (Å²) < 4.78 is 6.06.